The number of carbonyl (C=O) groups excluding carboxylic acids is 2. The van der Waals surface area contributed by atoms with Crippen LogP contribution in [0.15, 0.2) is 72.9 Å². The van der Waals surface area contributed by atoms with E-state index < -0.39 is 0 Å². The van der Waals surface area contributed by atoms with Crippen molar-refractivity contribution < 1.29 is 19.1 Å². The van der Waals surface area contributed by atoms with Gasteiger partial charge in [0.05, 0.1) is 5.69 Å². The first-order valence-electron chi connectivity index (χ1n) is 10.2. The summed E-state index contributed by atoms with van der Waals surface area (Å²) in [5.74, 6) is 0.741. The molecule has 0 saturated carbocycles. The fourth-order valence-electron chi connectivity index (χ4n) is 3.37. The smallest absolute Gasteiger partial charge is 0.274 e. The second-order valence-electron chi connectivity index (χ2n) is 7.29. The zero-order chi connectivity index (χ0) is 22.6. The van der Waals surface area contributed by atoms with E-state index in [0.717, 1.165) is 11.1 Å². The van der Waals surface area contributed by atoms with Gasteiger partial charge in [0.2, 0.25) is 6.79 Å². The summed E-state index contributed by atoms with van der Waals surface area (Å²) in [7, 11) is 0. The zero-order valence-corrected chi connectivity index (χ0v) is 17.4. The molecule has 0 fully saturated rings. The van der Waals surface area contributed by atoms with Gasteiger partial charge in [-0.05, 0) is 54.1 Å². The maximum absolute atomic E-state index is 12.6. The van der Waals surface area contributed by atoms with E-state index in [2.05, 4.69) is 25.8 Å². The van der Waals surface area contributed by atoms with E-state index >= 15 is 0 Å². The van der Waals surface area contributed by atoms with Crippen molar-refractivity contribution in [2.45, 2.75) is 6.54 Å². The highest BCUT2D eigenvalue weighted by molar-refractivity contribution is 6.02. The number of nitrogens with one attached hydrogen (secondary N) is 3. The van der Waals surface area contributed by atoms with Crippen molar-refractivity contribution >= 4 is 17.5 Å². The van der Waals surface area contributed by atoms with E-state index in [1.807, 2.05) is 30.3 Å². The van der Waals surface area contributed by atoms with Gasteiger partial charge >= 0.3 is 0 Å². The molecule has 3 heterocycles. The molecule has 0 aliphatic carbocycles. The highest BCUT2D eigenvalue weighted by Gasteiger charge is 2.16. The number of benzene rings is 2. The fourth-order valence-corrected chi connectivity index (χ4v) is 3.37. The fraction of sp³-hybridized carbons (Fsp3) is 0.0833. The minimum atomic E-state index is -0.301. The number of hydrogen-bond acceptors (Lipinski definition) is 6. The van der Waals surface area contributed by atoms with Crippen LogP contribution >= 0.6 is 0 Å². The molecule has 33 heavy (non-hydrogen) atoms. The first kappa shape index (κ1) is 20.3. The van der Waals surface area contributed by atoms with E-state index in [4.69, 9.17) is 9.47 Å². The topological polar surface area (TPSA) is 118 Å². The largest absolute Gasteiger partial charge is 0.454 e. The van der Waals surface area contributed by atoms with Gasteiger partial charge in [0.25, 0.3) is 11.8 Å². The predicted molar refractivity (Wildman–Crippen MR) is 120 cm³/mol. The van der Waals surface area contributed by atoms with Crippen LogP contribution in [0.3, 0.4) is 0 Å². The summed E-state index contributed by atoms with van der Waals surface area (Å²) in [6.45, 7) is 0.478. The molecule has 0 spiro atoms. The Hall–Kier alpha value is -4.66. The second-order valence-corrected chi connectivity index (χ2v) is 7.29. The summed E-state index contributed by atoms with van der Waals surface area (Å²) in [6, 6.07) is 19.6. The van der Waals surface area contributed by atoms with E-state index in [-0.39, 0.29) is 25.2 Å². The van der Waals surface area contributed by atoms with Crippen LogP contribution in [0, 0.1) is 0 Å². The summed E-state index contributed by atoms with van der Waals surface area (Å²) < 4.78 is 10.7. The van der Waals surface area contributed by atoms with Gasteiger partial charge in [0, 0.05) is 24.0 Å². The standard InChI is InChI=1S/C24H19N5O4/c30-23(20-12-19(28-29-20)16-7-8-21-22(11-16)33-14-32-21)26-13-15-4-3-5-17(10-15)27-24(31)18-6-1-2-9-25-18/h1-12H,13-14H2,(H,26,30)(H,27,31)(H,28,29). The number of rotatable bonds is 6. The van der Waals surface area contributed by atoms with E-state index in [9.17, 15) is 9.59 Å². The lowest BCUT2D eigenvalue weighted by Crippen LogP contribution is -2.23. The first-order valence-corrected chi connectivity index (χ1v) is 10.2. The molecule has 0 atom stereocenters. The summed E-state index contributed by atoms with van der Waals surface area (Å²) >= 11 is 0. The molecular formula is C24H19N5O4. The SMILES string of the molecule is O=C(Nc1cccc(CNC(=O)c2cc(-c3ccc4c(c3)OCO4)n[nH]2)c1)c1ccccn1. The molecule has 0 radical (unpaired) electrons. The number of hydrogen-bond donors (Lipinski definition) is 3. The number of anilines is 1. The number of nitrogens with zero attached hydrogens (tertiary/aromatic N) is 2. The van der Waals surface area contributed by atoms with Gasteiger partial charge in [-0.3, -0.25) is 19.7 Å². The van der Waals surface area contributed by atoms with Gasteiger partial charge < -0.3 is 20.1 Å². The van der Waals surface area contributed by atoms with Gasteiger partial charge in [0.1, 0.15) is 11.4 Å². The Balaban J connectivity index is 1.21. The minimum Gasteiger partial charge on any atom is -0.454 e. The maximum Gasteiger partial charge on any atom is 0.274 e. The van der Waals surface area contributed by atoms with Crippen LogP contribution in [0.1, 0.15) is 26.5 Å². The molecule has 2 aromatic heterocycles. The van der Waals surface area contributed by atoms with Crippen molar-refractivity contribution in [1.29, 1.82) is 0 Å². The van der Waals surface area contributed by atoms with Crippen LogP contribution in [-0.2, 0) is 6.54 Å². The molecule has 0 bridgehead atoms. The lowest BCUT2D eigenvalue weighted by Gasteiger charge is -2.08. The lowest BCUT2D eigenvalue weighted by atomic mass is 10.1. The quantitative estimate of drug-likeness (QED) is 0.422. The highest BCUT2D eigenvalue weighted by Crippen LogP contribution is 2.35. The predicted octanol–water partition coefficient (Wildman–Crippen LogP) is 3.38. The third-order valence-electron chi connectivity index (χ3n) is 5.03. The van der Waals surface area contributed by atoms with Crippen LogP contribution in [0.2, 0.25) is 0 Å². The lowest BCUT2D eigenvalue weighted by molar-refractivity contribution is 0.0945. The Morgan fingerprint density at radius 1 is 0.939 bits per heavy atom. The van der Waals surface area contributed by atoms with E-state index in [1.54, 1.807) is 42.6 Å². The van der Waals surface area contributed by atoms with Crippen molar-refractivity contribution in [1.82, 2.24) is 20.5 Å². The monoisotopic (exact) mass is 441 g/mol. The van der Waals surface area contributed by atoms with Gasteiger partial charge in [-0.15, -0.1) is 0 Å². The van der Waals surface area contributed by atoms with Crippen molar-refractivity contribution in [3.05, 3.63) is 89.9 Å². The number of fused-ring (bicyclic) bond motifs is 1. The third-order valence-corrected chi connectivity index (χ3v) is 5.03. The number of amides is 2. The number of aromatic nitrogens is 3. The maximum atomic E-state index is 12.6. The van der Waals surface area contributed by atoms with Crippen molar-refractivity contribution in [2.24, 2.45) is 0 Å². The van der Waals surface area contributed by atoms with E-state index in [0.29, 0.717) is 34.3 Å². The van der Waals surface area contributed by atoms with Gasteiger partial charge in [-0.1, -0.05) is 18.2 Å². The Labute approximate surface area is 188 Å². The number of carbonyl (C=O) groups is 2. The van der Waals surface area contributed by atoms with Crippen LogP contribution in [0.4, 0.5) is 5.69 Å². The van der Waals surface area contributed by atoms with E-state index in [1.165, 1.54) is 0 Å². The molecule has 4 aromatic rings. The molecule has 9 heteroatoms. The highest BCUT2D eigenvalue weighted by atomic mass is 16.7. The Morgan fingerprint density at radius 2 is 1.85 bits per heavy atom. The Morgan fingerprint density at radius 3 is 2.73 bits per heavy atom. The Kier molecular flexibility index (Phi) is 5.42. The van der Waals surface area contributed by atoms with Crippen molar-refractivity contribution in [3.63, 3.8) is 0 Å². The molecule has 164 valence electrons. The molecule has 9 nitrogen and oxygen atoms in total. The summed E-state index contributed by atoms with van der Waals surface area (Å²) in [5.41, 5.74) is 3.54. The summed E-state index contributed by atoms with van der Waals surface area (Å²) in [6.07, 6.45) is 1.56. The molecule has 3 N–H and O–H groups in total. The average Bonchev–Trinajstić information content (AvgIpc) is 3.53. The molecule has 0 unspecified atom stereocenters. The van der Waals surface area contributed by atoms with Crippen LogP contribution in [0.25, 0.3) is 11.3 Å². The molecule has 2 amide bonds. The number of aromatic amines is 1. The van der Waals surface area contributed by atoms with Crippen molar-refractivity contribution in [2.75, 3.05) is 12.1 Å². The summed E-state index contributed by atoms with van der Waals surface area (Å²) in [5, 5.41) is 12.7. The number of pyridine rings is 1. The van der Waals surface area contributed by atoms with Gasteiger partial charge in [-0.2, -0.15) is 5.10 Å². The van der Waals surface area contributed by atoms with Gasteiger partial charge in [0.15, 0.2) is 11.5 Å². The number of H-pyrrole nitrogens is 1. The summed E-state index contributed by atoms with van der Waals surface area (Å²) in [4.78, 5) is 28.9. The molecule has 5 rings (SSSR count). The van der Waals surface area contributed by atoms with Crippen molar-refractivity contribution in [3.8, 4) is 22.8 Å². The van der Waals surface area contributed by atoms with Crippen LogP contribution < -0.4 is 20.1 Å². The molecule has 1 aliphatic heterocycles. The second kappa shape index (κ2) is 8.83. The number of ether oxygens (including phenoxy) is 2. The first-order chi connectivity index (χ1) is 16.2. The zero-order valence-electron chi connectivity index (χ0n) is 17.4. The normalized spacial score (nSPS) is 11.8. The Bertz CT molecular complexity index is 1320. The molecule has 1 aliphatic rings. The molecular weight excluding hydrogens is 422 g/mol. The van der Waals surface area contributed by atoms with Crippen LogP contribution in [-0.4, -0.2) is 33.8 Å². The molecule has 2 aromatic carbocycles. The van der Waals surface area contributed by atoms with Crippen LogP contribution in [0.5, 0.6) is 11.5 Å². The van der Waals surface area contributed by atoms with Gasteiger partial charge in [-0.25, -0.2) is 0 Å². The minimum absolute atomic E-state index is 0.195. The third kappa shape index (κ3) is 4.52. The molecule has 0 saturated heterocycles. The average molecular weight is 441 g/mol.